The molecule has 8 nitrogen and oxygen atoms in total. The molecule has 0 bridgehead atoms. The van der Waals surface area contributed by atoms with E-state index in [-0.39, 0.29) is 31.4 Å². The van der Waals surface area contributed by atoms with Gasteiger partial charge < -0.3 is 28.7 Å². The standard InChI is InChI=1S/C23H34FN2O6P/c1-7-30-33(28,31-8-2)15-29-17-13-18(24)20-19(14-17)25-16(3)23(20)9-11-26(12-10-23)21(27)32-22(4,5)6/h13-14,25H,3,7-12,15H2,1-2,4-6H3. The minimum Gasteiger partial charge on any atom is -0.481 e. The van der Waals surface area contributed by atoms with Crippen LogP contribution in [0.25, 0.3) is 0 Å². The highest BCUT2D eigenvalue weighted by Crippen LogP contribution is 2.52. The lowest BCUT2D eigenvalue weighted by Gasteiger charge is -2.40. The summed E-state index contributed by atoms with van der Waals surface area (Å²) >= 11 is 0. The Bertz CT molecular complexity index is 943. The highest BCUT2D eigenvalue weighted by Gasteiger charge is 2.47. The maximum atomic E-state index is 15.4. The third-order valence-electron chi connectivity index (χ3n) is 5.72. The highest BCUT2D eigenvalue weighted by atomic mass is 31.2. The van der Waals surface area contributed by atoms with E-state index in [0.29, 0.717) is 42.9 Å². The van der Waals surface area contributed by atoms with Gasteiger partial charge in [-0.3, -0.25) is 4.57 Å². The molecule has 0 radical (unpaired) electrons. The van der Waals surface area contributed by atoms with Crippen LogP contribution in [0.3, 0.4) is 0 Å². The van der Waals surface area contributed by atoms with Crippen LogP contribution in [0.2, 0.25) is 0 Å². The number of piperidine rings is 1. The van der Waals surface area contributed by atoms with Gasteiger partial charge in [0.2, 0.25) is 0 Å². The smallest absolute Gasteiger partial charge is 0.410 e. The number of carbonyl (C=O) groups excluding carboxylic acids is 1. The lowest BCUT2D eigenvalue weighted by Crippen LogP contribution is -2.47. The van der Waals surface area contributed by atoms with Gasteiger partial charge in [0.25, 0.3) is 0 Å². The number of halogens is 1. The molecule has 1 aromatic carbocycles. The SMILES string of the molecule is C=C1Nc2cc(OCP(=O)(OCC)OCC)cc(F)c2C12CCN(C(=O)OC(C)(C)C)CC2. The van der Waals surface area contributed by atoms with Gasteiger partial charge in [0.15, 0.2) is 6.35 Å². The molecule has 184 valence electrons. The normalized spacial score (nSPS) is 17.6. The monoisotopic (exact) mass is 484 g/mol. The molecule has 0 aromatic heterocycles. The minimum absolute atomic E-state index is 0.212. The summed E-state index contributed by atoms with van der Waals surface area (Å²) < 4.78 is 49.5. The van der Waals surface area contributed by atoms with Crippen molar-refractivity contribution in [2.75, 3.05) is 38.0 Å². The predicted octanol–water partition coefficient (Wildman–Crippen LogP) is 5.64. The van der Waals surface area contributed by atoms with Crippen molar-refractivity contribution >= 4 is 19.4 Å². The predicted molar refractivity (Wildman–Crippen MR) is 124 cm³/mol. The first-order valence-electron chi connectivity index (χ1n) is 11.2. The van der Waals surface area contributed by atoms with Crippen LogP contribution in [0.4, 0.5) is 14.9 Å². The number of hydrogen-bond donors (Lipinski definition) is 1. The van der Waals surface area contributed by atoms with Crippen molar-refractivity contribution in [1.29, 1.82) is 0 Å². The summed E-state index contributed by atoms with van der Waals surface area (Å²) in [7, 11) is -3.43. The average molecular weight is 485 g/mol. The fraction of sp³-hybridized carbons (Fsp3) is 0.609. The number of likely N-dealkylation sites (tertiary alicyclic amines) is 1. The van der Waals surface area contributed by atoms with E-state index < -0.39 is 24.4 Å². The number of allylic oxidation sites excluding steroid dienone is 1. The summed E-state index contributed by atoms with van der Waals surface area (Å²) in [6, 6.07) is 2.95. The Balaban J connectivity index is 1.76. The Morgan fingerprint density at radius 1 is 1.21 bits per heavy atom. The number of carbonyl (C=O) groups is 1. The van der Waals surface area contributed by atoms with Gasteiger partial charge in [-0.25, -0.2) is 9.18 Å². The Morgan fingerprint density at radius 3 is 2.36 bits per heavy atom. The highest BCUT2D eigenvalue weighted by molar-refractivity contribution is 7.53. The molecule has 2 heterocycles. The summed E-state index contributed by atoms with van der Waals surface area (Å²) in [4.78, 5) is 14.1. The molecule has 0 saturated carbocycles. The van der Waals surface area contributed by atoms with Crippen molar-refractivity contribution in [1.82, 2.24) is 4.90 Å². The third-order valence-corrected chi connectivity index (χ3v) is 7.46. The van der Waals surface area contributed by atoms with E-state index in [9.17, 15) is 9.36 Å². The van der Waals surface area contributed by atoms with Gasteiger partial charge in [-0.1, -0.05) is 6.58 Å². The van der Waals surface area contributed by atoms with Crippen molar-refractivity contribution in [2.45, 2.75) is 58.5 Å². The third kappa shape index (κ3) is 5.53. The molecule has 1 spiro atoms. The summed E-state index contributed by atoms with van der Waals surface area (Å²) in [5.41, 5.74) is 0.563. The topological polar surface area (TPSA) is 86.3 Å². The molecular weight excluding hydrogens is 450 g/mol. The zero-order valence-electron chi connectivity index (χ0n) is 20.0. The van der Waals surface area contributed by atoms with Gasteiger partial charge in [0, 0.05) is 47.6 Å². The Hall–Kier alpha value is -2.09. The molecule has 1 aromatic rings. The summed E-state index contributed by atoms with van der Waals surface area (Å²) in [6.45, 7) is 14.3. The lowest BCUT2D eigenvalue weighted by atomic mass is 9.72. The van der Waals surface area contributed by atoms with E-state index in [4.69, 9.17) is 18.5 Å². The zero-order chi connectivity index (χ0) is 24.4. The number of amides is 1. The largest absolute Gasteiger partial charge is 0.481 e. The Labute approximate surface area is 194 Å². The van der Waals surface area contributed by atoms with E-state index in [1.54, 1.807) is 24.8 Å². The fourth-order valence-corrected chi connectivity index (χ4v) is 5.61. The molecule has 2 aliphatic rings. The molecule has 33 heavy (non-hydrogen) atoms. The van der Waals surface area contributed by atoms with E-state index >= 15 is 4.39 Å². The van der Waals surface area contributed by atoms with Crippen LogP contribution in [0, 0.1) is 5.82 Å². The Kier molecular flexibility index (Phi) is 7.46. The second-order valence-electron chi connectivity index (χ2n) is 9.20. The van der Waals surface area contributed by atoms with E-state index in [0.717, 1.165) is 0 Å². The molecule has 1 saturated heterocycles. The van der Waals surface area contributed by atoms with Crippen LogP contribution >= 0.6 is 7.60 Å². The van der Waals surface area contributed by atoms with E-state index in [1.165, 1.54) is 6.07 Å². The number of ether oxygens (including phenoxy) is 2. The van der Waals surface area contributed by atoms with Crippen molar-refractivity contribution in [2.24, 2.45) is 0 Å². The number of anilines is 1. The molecule has 1 N–H and O–H groups in total. The maximum absolute atomic E-state index is 15.4. The van der Waals surface area contributed by atoms with Gasteiger partial charge in [-0.05, 0) is 47.5 Å². The van der Waals surface area contributed by atoms with Crippen LogP contribution in [-0.4, -0.2) is 49.2 Å². The molecule has 3 rings (SSSR count). The van der Waals surface area contributed by atoms with Crippen LogP contribution in [-0.2, 0) is 23.8 Å². The van der Waals surface area contributed by atoms with Crippen LogP contribution in [0.5, 0.6) is 5.75 Å². The van der Waals surface area contributed by atoms with Gasteiger partial charge in [0.05, 0.1) is 13.2 Å². The molecule has 0 atom stereocenters. The molecule has 0 aliphatic carbocycles. The zero-order valence-corrected chi connectivity index (χ0v) is 20.9. The van der Waals surface area contributed by atoms with Crippen molar-refractivity contribution in [3.05, 3.63) is 35.8 Å². The molecule has 10 heteroatoms. The van der Waals surface area contributed by atoms with Gasteiger partial charge >= 0.3 is 13.7 Å². The molecule has 1 fully saturated rings. The minimum atomic E-state index is -3.43. The number of benzene rings is 1. The summed E-state index contributed by atoms with van der Waals surface area (Å²) in [6.07, 6.45) is 0.355. The Morgan fingerprint density at radius 2 is 1.82 bits per heavy atom. The van der Waals surface area contributed by atoms with Gasteiger partial charge in [0.1, 0.15) is 17.2 Å². The van der Waals surface area contributed by atoms with Crippen LogP contribution in [0.15, 0.2) is 24.4 Å². The first kappa shape index (κ1) is 25.5. The quantitative estimate of drug-likeness (QED) is 0.502. The lowest BCUT2D eigenvalue weighted by molar-refractivity contribution is 0.0180. The summed E-state index contributed by atoms with van der Waals surface area (Å²) in [5.74, 6) is -0.226. The molecule has 1 amide bonds. The fourth-order valence-electron chi connectivity index (χ4n) is 4.29. The molecule has 2 aliphatic heterocycles. The van der Waals surface area contributed by atoms with Crippen molar-refractivity contribution in [3.8, 4) is 5.75 Å². The van der Waals surface area contributed by atoms with Crippen molar-refractivity contribution < 1.29 is 32.3 Å². The second kappa shape index (κ2) is 9.65. The number of rotatable bonds is 7. The van der Waals surface area contributed by atoms with Crippen molar-refractivity contribution in [3.63, 3.8) is 0 Å². The molecular formula is C23H34FN2O6P. The average Bonchev–Trinajstić information content (AvgIpc) is 2.97. The first-order chi connectivity index (χ1) is 15.4. The maximum Gasteiger partial charge on any atom is 0.410 e. The second-order valence-corrected chi connectivity index (χ2v) is 11.2. The number of hydrogen-bond acceptors (Lipinski definition) is 7. The van der Waals surface area contributed by atoms with Gasteiger partial charge in [-0.15, -0.1) is 0 Å². The van der Waals surface area contributed by atoms with Crippen LogP contribution < -0.4 is 10.1 Å². The number of fused-ring (bicyclic) bond motifs is 2. The molecule has 0 unspecified atom stereocenters. The first-order valence-corrected chi connectivity index (χ1v) is 12.9. The summed E-state index contributed by atoms with van der Waals surface area (Å²) in [5, 5.41) is 3.19. The van der Waals surface area contributed by atoms with Crippen LogP contribution in [0.1, 0.15) is 53.0 Å². The number of nitrogens with one attached hydrogen (secondary N) is 1. The van der Waals surface area contributed by atoms with E-state index in [2.05, 4.69) is 11.9 Å². The van der Waals surface area contributed by atoms with Gasteiger partial charge in [-0.2, -0.15) is 0 Å². The number of nitrogens with zero attached hydrogens (tertiary/aromatic N) is 1. The van der Waals surface area contributed by atoms with E-state index in [1.807, 2.05) is 20.8 Å².